The molecular formula is C15H17ClN2O2S. The van der Waals surface area contributed by atoms with Crippen LogP contribution in [0.2, 0.25) is 5.02 Å². The van der Waals surface area contributed by atoms with Gasteiger partial charge in [0.15, 0.2) is 0 Å². The van der Waals surface area contributed by atoms with Gasteiger partial charge in [-0.3, -0.25) is 0 Å². The van der Waals surface area contributed by atoms with Crippen molar-refractivity contribution in [1.82, 2.24) is 10.0 Å². The lowest BCUT2D eigenvalue weighted by Crippen LogP contribution is -2.19. The first-order valence-electron chi connectivity index (χ1n) is 6.49. The molecule has 21 heavy (non-hydrogen) atoms. The van der Waals surface area contributed by atoms with Gasteiger partial charge in [-0.15, -0.1) is 0 Å². The highest BCUT2D eigenvalue weighted by Gasteiger charge is 2.11. The standard InChI is InChI=1S/C15H17ClN2O2S/c1-17-21(19,20)14-7-4-5-12(9-14)10-18-11-13-6-2-3-8-15(13)16/h2-9,17-18H,10-11H2,1H3. The smallest absolute Gasteiger partial charge is 0.240 e. The summed E-state index contributed by atoms with van der Waals surface area (Å²) in [5.74, 6) is 0. The van der Waals surface area contributed by atoms with E-state index in [2.05, 4.69) is 10.0 Å². The molecule has 0 amide bonds. The largest absolute Gasteiger partial charge is 0.309 e. The summed E-state index contributed by atoms with van der Waals surface area (Å²) in [5, 5.41) is 3.97. The fourth-order valence-corrected chi connectivity index (χ4v) is 2.93. The number of sulfonamides is 1. The zero-order chi connectivity index (χ0) is 15.3. The minimum atomic E-state index is -3.40. The summed E-state index contributed by atoms with van der Waals surface area (Å²) < 4.78 is 25.8. The molecule has 4 nitrogen and oxygen atoms in total. The zero-order valence-corrected chi connectivity index (χ0v) is 13.2. The van der Waals surface area contributed by atoms with Crippen molar-refractivity contribution in [2.45, 2.75) is 18.0 Å². The van der Waals surface area contributed by atoms with E-state index in [0.717, 1.165) is 16.1 Å². The summed E-state index contributed by atoms with van der Waals surface area (Å²) in [6.07, 6.45) is 0. The first-order chi connectivity index (χ1) is 10.0. The summed E-state index contributed by atoms with van der Waals surface area (Å²) in [7, 11) is -2.00. The molecule has 2 N–H and O–H groups in total. The van der Waals surface area contributed by atoms with E-state index in [1.54, 1.807) is 18.2 Å². The SMILES string of the molecule is CNS(=O)(=O)c1cccc(CNCc2ccccc2Cl)c1. The molecule has 0 unspecified atom stereocenters. The molecule has 0 aliphatic carbocycles. The van der Waals surface area contributed by atoms with Crippen LogP contribution in [0.15, 0.2) is 53.4 Å². The second kappa shape index (κ2) is 7.04. The van der Waals surface area contributed by atoms with Crippen LogP contribution in [-0.4, -0.2) is 15.5 Å². The van der Waals surface area contributed by atoms with Crippen LogP contribution >= 0.6 is 11.6 Å². The van der Waals surface area contributed by atoms with Crippen molar-refractivity contribution in [3.63, 3.8) is 0 Å². The van der Waals surface area contributed by atoms with E-state index in [4.69, 9.17) is 11.6 Å². The van der Waals surface area contributed by atoms with E-state index in [-0.39, 0.29) is 4.90 Å². The highest BCUT2D eigenvalue weighted by Crippen LogP contribution is 2.15. The monoisotopic (exact) mass is 324 g/mol. The lowest BCUT2D eigenvalue weighted by atomic mass is 10.2. The number of hydrogen-bond donors (Lipinski definition) is 2. The Morgan fingerprint density at radius 3 is 2.52 bits per heavy atom. The van der Waals surface area contributed by atoms with Crippen LogP contribution in [-0.2, 0) is 23.1 Å². The van der Waals surface area contributed by atoms with E-state index in [0.29, 0.717) is 13.1 Å². The maximum atomic E-state index is 11.7. The van der Waals surface area contributed by atoms with E-state index < -0.39 is 10.0 Å². The lowest BCUT2D eigenvalue weighted by Gasteiger charge is -2.08. The quantitative estimate of drug-likeness (QED) is 0.858. The van der Waals surface area contributed by atoms with E-state index in [1.807, 2.05) is 30.3 Å². The molecule has 112 valence electrons. The molecule has 0 aliphatic rings. The summed E-state index contributed by atoms with van der Waals surface area (Å²) in [5.41, 5.74) is 1.91. The average Bonchev–Trinajstić information content (AvgIpc) is 2.49. The van der Waals surface area contributed by atoms with Gasteiger partial charge in [-0.25, -0.2) is 13.1 Å². The third-order valence-corrected chi connectivity index (χ3v) is 4.86. The van der Waals surface area contributed by atoms with Crippen LogP contribution in [0, 0.1) is 0 Å². The Morgan fingerprint density at radius 2 is 1.81 bits per heavy atom. The topological polar surface area (TPSA) is 58.2 Å². The molecule has 0 radical (unpaired) electrons. The minimum Gasteiger partial charge on any atom is -0.309 e. The van der Waals surface area contributed by atoms with Crippen molar-refractivity contribution in [2.24, 2.45) is 0 Å². The van der Waals surface area contributed by atoms with E-state index in [9.17, 15) is 8.42 Å². The molecule has 0 saturated heterocycles. The van der Waals surface area contributed by atoms with Crippen molar-refractivity contribution >= 4 is 21.6 Å². The van der Waals surface area contributed by atoms with Crippen molar-refractivity contribution in [3.05, 3.63) is 64.7 Å². The molecule has 6 heteroatoms. The van der Waals surface area contributed by atoms with Gasteiger partial charge in [-0.1, -0.05) is 41.9 Å². The molecule has 0 aliphatic heterocycles. The molecule has 0 fully saturated rings. The van der Waals surface area contributed by atoms with Gasteiger partial charge < -0.3 is 5.32 Å². The van der Waals surface area contributed by atoms with Crippen LogP contribution in [0.3, 0.4) is 0 Å². The molecule has 0 spiro atoms. The Balaban J connectivity index is 2.01. The second-order valence-corrected chi connectivity index (χ2v) is 6.84. The van der Waals surface area contributed by atoms with E-state index >= 15 is 0 Å². The summed E-state index contributed by atoms with van der Waals surface area (Å²) >= 11 is 6.08. The van der Waals surface area contributed by atoms with Crippen LogP contribution in [0.25, 0.3) is 0 Å². The Kier molecular flexibility index (Phi) is 5.36. The minimum absolute atomic E-state index is 0.266. The zero-order valence-electron chi connectivity index (χ0n) is 11.6. The molecule has 2 aromatic rings. The normalized spacial score (nSPS) is 11.5. The Hall–Kier alpha value is -1.40. The molecular weight excluding hydrogens is 308 g/mol. The summed E-state index contributed by atoms with van der Waals surface area (Å²) in [6, 6.07) is 14.5. The fourth-order valence-electron chi connectivity index (χ4n) is 1.92. The van der Waals surface area contributed by atoms with Gasteiger partial charge in [0.25, 0.3) is 0 Å². The first-order valence-corrected chi connectivity index (χ1v) is 8.35. The second-order valence-electron chi connectivity index (χ2n) is 4.55. The van der Waals surface area contributed by atoms with Crippen molar-refractivity contribution in [1.29, 1.82) is 0 Å². The van der Waals surface area contributed by atoms with Crippen LogP contribution < -0.4 is 10.0 Å². The number of hydrogen-bond acceptors (Lipinski definition) is 3. The average molecular weight is 325 g/mol. The van der Waals surface area contributed by atoms with Gasteiger partial charge in [-0.05, 0) is 36.4 Å². The van der Waals surface area contributed by atoms with Gasteiger partial charge in [-0.2, -0.15) is 0 Å². The maximum absolute atomic E-state index is 11.7. The molecule has 2 aromatic carbocycles. The Morgan fingerprint density at radius 1 is 1.05 bits per heavy atom. The Labute approximate surface area is 130 Å². The molecule has 0 aromatic heterocycles. The van der Waals surface area contributed by atoms with Gasteiger partial charge >= 0.3 is 0 Å². The van der Waals surface area contributed by atoms with Crippen LogP contribution in [0.5, 0.6) is 0 Å². The molecule has 0 atom stereocenters. The Bertz CT molecular complexity index is 717. The first kappa shape index (κ1) is 16.0. The van der Waals surface area contributed by atoms with Crippen molar-refractivity contribution in [3.8, 4) is 0 Å². The number of halogens is 1. The molecule has 0 saturated carbocycles. The molecule has 2 rings (SSSR count). The number of benzene rings is 2. The third-order valence-electron chi connectivity index (χ3n) is 3.08. The molecule has 0 bridgehead atoms. The summed E-state index contributed by atoms with van der Waals surface area (Å²) in [6.45, 7) is 1.20. The highest BCUT2D eigenvalue weighted by molar-refractivity contribution is 7.89. The van der Waals surface area contributed by atoms with Gasteiger partial charge in [0.2, 0.25) is 10.0 Å². The van der Waals surface area contributed by atoms with Crippen LogP contribution in [0.4, 0.5) is 0 Å². The number of nitrogens with one attached hydrogen (secondary N) is 2. The maximum Gasteiger partial charge on any atom is 0.240 e. The molecule has 0 heterocycles. The van der Waals surface area contributed by atoms with Crippen molar-refractivity contribution in [2.75, 3.05) is 7.05 Å². The van der Waals surface area contributed by atoms with Gasteiger partial charge in [0.05, 0.1) is 4.90 Å². The number of rotatable bonds is 6. The predicted molar refractivity (Wildman–Crippen MR) is 84.7 cm³/mol. The summed E-state index contributed by atoms with van der Waals surface area (Å²) in [4.78, 5) is 0.266. The predicted octanol–water partition coefficient (Wildman–Crippen LogP) is 2.54. The van der Waals surface area contributed by atoms with Crippen LogP contribution in [0.1, 0.15) is 11.1 Å². The third kappa shape index (κ3) is 4.28. The van der Waals surface area contributed by atoms with Gasteiger partial charge in [0.1, 0.15) is 0 Å². The fraction of sp³-hybridized carbons (Fsp3) is 0.200. The lowest BCUT2D eigenvalue weighted by molar-refractivity contribution is 0.588. The van der Waals surface area contributed by atoms with Crippen molar-refractivity contribution < 1.29 is 8.42 Å². The van der Waals surface area contributed by atoms with Gasteiger partial charge in [0, 0.05) is 18.1 Å². The highest BCUT2D eigenvalue weighted by atomic mass is 35.5. The van der Waals surface area contributed by atoms with E-state index in [1.165, 1.54) is 7.05 Å².